The lowest BCUT2D eigenvalue weighted by molar-refractivity contribution is -0.115. The van der Waals surface area contributed by atoms with Crippen LogP contribution in [0.15, 0.2) is 36.4 Å². The lowest BCUT2D eigenvalue weighted by Gasteiger charge is -2.46. The average molecular weight is 354 g/mol. The first-order valence-electron chi connectivity index (χ1n) is 9.28. The Bertz CT molecular complexity index is 745. The smallest absolute Gasteiger partial charge is 0.228 e. The summed E-state index contributed by atoms with van der Waals surface area (Å²) in [7, 11) is 2.17. The molecule has 2 aliphatic rings. The van der Waals surface area contributed by atoms with Crippen molar-refractivity contribution in [1.82, 2.24) is 14.9 Å². The van der Waals surface area contributed by atoms with Crippen LogP contribution in [0.3, 0.4) is 0 Å². The highest BCUT2D eigenvalue weighted by atomic mass is 16.5. The second-order valence-electron chi connectivity index (χ2n) is 7.32. The highest BCUT2D eigenvalue weighted by molar-refractivity contribution is 5.37. The largest absolute Gasteiger partial charge is 0.439 e. The maximum absolute atomic E-state index is 6.15. The Hall–Kier alpha value is -2.18. The quantitative estimate of drug-likeness (QED) is 0.845. The molecule has 0 aliphatic carbocycles. The number of aryl methyl sites for hydroxylation is 1. The van der Waals surface area contributed by atoms with Gasteiger partial charge in [0.1, 0.15) is 5.75 Å². The van der Waals surface area contributed by atoms with Crippen molar-refractivity contribution in [3.63, 3.8) is 0 Å². The van der Waals surface area contributed by atoms with E-state index in [9.17, 15) is 0 Å². The van der Waals surface area contributed by atoms with Crippen LogP contribution in [0.1, 0.15) is 18.5 Å². The van der Waals surface area contributed by atoms with Crippen molar-refractivity contribution < 1.29 is 9.47 Å². The minimum absolute atomic E-state index is 0.00328. The summed E-state index contributed by atoms with van der Waals surface area (Å²) < 4.78 is 12.1. The van der Waals surface area contributed by atoms with Gasteiger partial charge in [0.05, 0.1) is 12.2 Å². The normalized spacial score (nSPS) is 20.3. The van der Waals surface area contributed by atoms with E-state index in [4.69, 9.17) is 9.47 Å². The van der Waals surface area contributed by atoms with Crippen molar-refractivity contribution in [1.29, 1.82) is 0 Å². The Morgan fingerprint density at radius 3 is 2.58 bits per heavy atom. The van der Waals surface area contributed by atoms with Crippen molar-refractivity contribution in [2.45, 2.75) is 25.4 Å². The summed E-state index contributed by atoms with van der Waals surface area (Å²) in [4.78, 5) is 13.9. The summed E-state index contributed by atoms with van der Waals surface area (Å²) in [6, 6.07) is 11.6. The summed E-state index contributed by atoms with van der Waals surface area (Å²) in [5, 5.41) is 0. The Morgan fingerprint density at radius 2 is 1.85 bits per heavy atom. The van der Waals surface area contributed by atoms with Gasteiger partial charge in [0.2, 0.25) is 11.8 Å². The van der Waals surface area contributed by atoms with Crippen LogP contribution < -0.4 is 9.64 Å². The van der Waals surface area contributed by atoms with Gasteiger partial charge in [-0.2, -0.15) is 4.98 Å². The standard InChI is InChI=1S/C20H26N4O2/c1-16-14-18(26-17-6-4-3-5-7-17)22-19(21-16)24-10-8-20(9-11-24)15-23(2)12-13-25-20/h3-7,14H,8-13,15H2,1-2H3. The van der Waals surface area contributed by atoms with Crippen LogP contribution in [-0.4, -0.2) is 60.3 Å². The number of rotatable bonds is 3. The van der Waals surface area contributed by atoms with E-state index >= 15 is 0 Å². The molecule has 1 aromatic carbocycles. The van der Waals surface area contributed by atoms with Crippen molar-refractivity contribution in [3.05, 3.63) is 42.1 Å². The second kappa shape index (κ2) is 7.21. The van der Waals surface area contributed by atoms with Gasteiger partial charge in [-0.1, -0.05) is 18.2 Å². The zero-order valence-electron chi connectivity index (χ0n) is 15.5. The lowest BCUT2D eigenvalue weighted by atomic mass is 9.89. The molecule has 0 atom stereocenters. The van der Waals surface area contributed by atoms with Crippen LogP contribution in [0.25, 0.3) is 0 Å². The fourth-order valence-electron chi connectivity index (χ4n) is 3.78. The van der Waals surface area contributed by atoms with E-state index < -0.39 is 0 Å². The molecule has 0 amide bonds. The first-order valence-corrected chi connectivity index (χ1v) is 9.28. The molecule has 3 heterocycles. The lowest BCUT2D eigenvalue weighted by Crippen LogP contribution is -2.56. The van der Waals surface area contributed by atoms with Crippen LogP contribution in [0.2, 0.25) is 0 Å². The Kier molecular flexibility index (Phi) is 4.78. The first-order chi connectivity index (χ1) is 12.6. The third-order valence-electron chi connectivity index (χ3n) is 5.18. The first kappa shape index (κ1) is 17.2. The molecule has 26 heavy (non-hydrogen) atoms. The molecule has 1 spiro atoms. The van der Waals surface area contributed by atoms with Crippen molar-refractivity contribution in [3.8, 4) is 11.6 Å². The minimum atomic E-state index is -0.00328. The van der Waals surface area contributed by atoms with Gasteiger partial charge in [0, 0.05) is 37.9 Å². The number of aromatic nitrogens is 2. The number of para-hydroxylation sites is 1. The van der Waals surface area contributed by atoms with E-state index in [1.807, 2.05) is 43.3 Å². The Balaban J connectivity index is 1.46. The molecule has 0 unspecified atom stereocenters. The van der Waals surface area contributed by atoms with E-state index in [2.05, 4.69) is 26.8 Å². The number of piperidine rings is 1. The molecular weight excluding hydrogens is 328 g/mol. The average Bonchev–Trinajstić information content (AvgIpc) is 2.62. The van der Waals surface area contributed by atoms with Gasteiger partial charge < -0.3 is 19.3 Å². The number of morpholine rings is 1. The van der Waals surface area contributed by atoms with Gasteiger partial charge >= 0.3 is 0 Å². The van der Waals surface area contributed by atoms with Gasteiger partial charge in [-0.25, -0.2) is 4.98 Å². The zero-order valence-corrected chi connectivity index (χ0v) is 15.5. The molecule has 2 fully saturated rings. The summed E-state index contributed by atoms with van der Waals surface area (Å²) in [6.45, 7) is 6.65. The molecule has 4 rings (SSSR count). The van der Waals surface area contributed by atoms with Crippen molar-refractivity contribution in [2.24, 2.45) is 0 Å². The Morgan fingerprint density at radius 1 is 1.08 bits per heavy atom. The zero-order chi connectivity index (χ0) is 18.0. The third kappa shape index (κ3) is 3.81. The van der Waals surface area contributed by atoms with Gasteiger partial charge in [-0.05, 0) is 38.9 Å². The predicted octanol–water partition coefficient (Wildman–Crippen LogP) is 2.88. The minimum Gasteiger partial charge on any atom is -0.439 e. The molecule has 0 radical (unpaired) electrons. The van der Waals surface area contributed by atoms with Crippen LogP contribution in [0.4, 0.5) is 5.95 Å². The molecule has 0 saturated carbocycles. The number of anilines is 1. The number of ether oxygens (including phenoxy) is 2. The number of nitrogens with zero attached hydrogens (tertiary/aromatic N) is 4. The molecule has 2 aliphatic heterocycles. The van der Waals surface area contributed by atoms with Gasteiger partial charge in [0.15, 0.2) is 0 Å². The van der Waals surface area contributed by atoms with Crippen LogP contribution >= 0.6 is 0 Å². The molecule has 6 nitrogen and oxygen atoms in total. The van der Waals surface area contributed by atoms with Gasteiger partial charge in [0.25, 0.3) is 0 Å². The molecule has 0 bridgehead atoms. The number of hydrogen-bond donors (Lipinski definition) is 0. The van der Waals surface area contributed by atoms with Crippen LogP contribution in [-0.2, 0) is 4.74 Å². The van der Waals surface area contributed by atoms with Crippen LogP contribution in [0, 0.1) is 6.92 Å². The molecule has 1 aromatic heterocycles. The molecular formula is C20H26N4O2. The highest BCUT2D eigenvalue weighted by Crippen LogP contribution is 2.31. The van der Waals surface area contributed by atoms with E-state index in [1.165, 1.54) is 0 Å². The van der Waals surface area contributed by atoms with Crippen molar-refractivity contribution >= 4 is 5.95 Å². The predicted molar refractivity (Wildman–Crippen MR) is 101 cm³/mol. The van der Waals surface area contributed by atoms with Crippen LogP contribution in [0.5, 0.6) is 11.6 Å². The fourth-order valence-corrected chi connectivity index (χ4v) is 3.78. The summed E-state index contributed by atoms with van der Waals surface area (Å²) in [6.07, 6.45) is 2.01. The summed E-state index contributed by atoms with van der Waals surface area (Å²) in [5.41, 5.74) is 0.909. The number of likely N-dealkylation sites (N-methyl/N-ethyl adjacent to an activating group) is 1. The van der Waals surface area contributed by atoms with Gasteiger partial charge in [-0.15, -0.1) is 0 Å². The second-order valence-corrected chi connectivity index (χ2v) is 7.32. The third-order valence-corrected chi connectivity index (χ3v) is 5.18. The molecule has 138 valence electrons. The maximum Gasteiger partial charge on any atom is 0.228 e. The van der Waals surface area contributed by atoms with E-state index in [-0.39, 0.29) is 5.60 Å². The molecule has 2 saturated heterocycles. The van der Waals surface area contributed by atoms with E-state index in [0.29, 0.717) is 5.88 Å². The van der Waals surface area contributed by atoms with E-state index in [1.54, 1.807) is 0 Å². The highest BCUT2D eigenvalue weighted by Gasteiger charge is 2.39. The molecule has 6 heteroatoms. The SMILES string of the molecule is Cc1cc(Oc2ccccc2)nc(N2CCC3(CC2)CN(C)CCO3)n1. The Labute approximate surface area is 154 Å². The molecule has 0 N–H and O–H groups in total. The van der Waals surface area contributed by atoms with Crippen molar-refractivity contribution in [2.75, 3.05) is 44.7 Å². The maximum atomic E-state index is 6.15. The van der Waals surface area contributed by atoms with E-state index in [0.717, 1.165) is 63.0 Å². The fraction of sp³-hybridized carbons (Fsp3) is 0.500. The van der Waals surface area contributed by atoms with Gasteiger partial charge in [-0.3, -0.25) is 0 Å². The number of hydrogen-bond acceptors (Lipinski definition) is 6. The summed E-state index contributed by atoms with van der Waals surface area (Å²) in [5.74, 6) is 2.12. The monoisotopic (exact) mass is 354 g/mol. The number of benzene rings is 1. The molecule has 2 aromatic rings. The summed E-state index contributed by atoms with van der Waals surface area (Å²) >= 11 is 0. The topological polar surface area (TPSA) is 50.7 Å².